The van der Waals surface area contributed by atoms with Gasteiger partial charge in [-0.2, -0.15) is 4.73 Å². The van der Waals surface area contributed by atoms with E-state index >= 15 is 0 Å². The number of halogens is 1. The molecule has 0 saturated carbocycles. The van der Waals surface area contributed by atoms with Gasteiger partial charge in [0, 0.05) is 6.07 Å². The maximum atomic E-state index is 11.1. The lowest BCUT2D eigenvalue weighted by molar-refractivity contribution is -0.613. The predicted molar refractivity (Wildman–Crippen MR) is 42.3 cm³/mol. The fraction of sp³-hybridized carbons (Fsp3) is 0.286. The van der Waals surface area contributed by atoms with E-state index in [2.05, 4.69) is 15.9 Å². The Bertz CT molecular complexity index is 301. The molecule has 0 fully saturated rings. The van der Waals surface area contributed by atoms with Crippen molar-refractivity contribution in [3.63, 3.8) is 0 Å². The lowest BCUT2D eigenvalue weighted by Gasteiger charge is -2.01. The summed E-state index contributed by atoms with van der Waals surface area (Å²) in [4.78, 5) is 0. The monoisotopic (exact) mass is 215 g/mol. The van der Waals surface area contributed by atoms with Crippen LogP contribution in [0.1, 0.15) is 5.69 Å². The molecule has 58 valence electrons. The van der Waals surface area contributed by atoms with Crippen LogP contribution in [0.3, 0.4) is 0 Å². The molecule has 0 bridgehead atoms. The first-order valence-electron chi connectivity index (χ1n) is 3.32. The zero-order chi connectivity index (χ0) is 7.84. The van der Waals surface area contributed by atoms with E-state index in [0.717, 1.165) is 14.9 Å². The van der Waals surface area contributed by atoms with Crippen molar-refractivity contribution >= 4 is 15.9 Å². The van der Waals surface area contributed by atoms with Crippen LogP contribution in [0.5, 0.6) is 5.75 Å². The molecule has 3 nitrogen and oxygen atoms in total. The van der Waals surface area contributed by atoms with E-state index in [-0.39, 0.29) is 0 Å². The average molecular weight is 216 g/mol. The molecule has 0 atom stereocenters. The molecule has 0 aromatic carbocycles. The first-order valence-corrected chi connectivity index (χ1v) is 4.11. The minimum absolute atomic E-state index is 0.619. The number of fused-ring (bicyclic) bond motifs is 1. The van der Waals surface area contributed by atoms with Crippen LogP contribution in [0.4, 0.5) is 0 Å². The summed E-state index contributed by atoms with van der Waals surface area (Å²) >= 11 is 3.21. The van der Waals surface area contributed by atoms with Gasteiger partial charge in [-0.3, -0.25) is 0 Å². The van der Waals surface area contributed by atoms with E-state index < -0.39 is 0 Å². The Morgan fingerprint density at radius 2 is 2.45 bits per heavy atom. The summed E-state index contributed by atoms with van der Waals surface area (Å²) in [5, 5.41) is 11.1. The van der Waals surface area contributed by atoms with Crippen LogP contribution in [-0.4, -0.2) is 6.61 Å². The molecule has 2 rings (SSSR count). The molecule has 2 heterocycles. The molecule has 11 heavy (non-hydrogen) atoms. The molecule has 0 radical (unpaired) electrons. The number of rotatable bonds is 0. The van der Waals surface area contributed by atoms with Gasteiger partial charge in [0.25, 0.3) is 0 Å². The Hall–Kier alpha value is -0.770. The highest BCUT2D eigenvalue weighted by Gasteiger charge is 2.21. The molecule has 0 unspecified atom stereocenters. The first kappa shape index (κ1) is 6.91. The summed E-state index contributed by atoms with van der Waals surface area (Å²) in [5.41, 5.74) is 0.730. The first-order chi connectivity index (χ1) is 5.27. The third kappa shape index (κ3) is 1.07. The highest BCUT2D eigenvalue weighted by molar-refractivity contribution is 9.10. The second kappa shape index (κ2) is 2.37. The Labute approximate surface area is 72.3 Å². The zero-order valence-electron chi connectivity index (χ0n) is 5.71. The van der Waals surface area contributed by atoms with Gasteiger partial charge in [-0.15, -0.1) is 0 Å². The molecule has 0 amide bonds. The fourth-order valence-corrected chi connectivity index (χ4v) is 1.55. The van der Waals surface area contributed by atoms with Gasteiger partial charge in [0.15, 0.2) is 11.9 Å². The van der Waals surface area contributed by atoms with Gasteiger partial charge < -0.3 is 9.94 Å². The Balaban J connectivity index is 2.60. The van der Waals surface area contributed by atoms with Crippen molar-refractivity contribution in [2.75, 3.05) is 6.61 Å². The van der Waals surface area contributed by atoms with Gasteiger partial charge in [0.05, 0.1) is 17.5 Å². The van der Waals surface area contributed by atoms with Crippen LogP contribution in [0.15, 0.2) is 16.7 Å². The largest absolute Gasteiger partial charge is 0.618 e. The van der Waals surface area contributed by atoms with Gasteiger partial charge in [-0.1, -0.05) is 0 Å². The van der Waals surface area contributed by atoms with E-state index in [4.69, 9.17) is 4.74 Å². The third-order valence-corrected chi connectivity index (χ3v) is 2.09. The fourth-order valence-electron chi connectivity index (χ4n) is 1.16. The lowest BCUT2D eigenvalue weighted by Crippen LogP contribution is -2.30. The van der Waals surface area contributed by atoms with Gasteiger partial charge in [-0.05, 0) is 15.9 Å². The van der Waals surface area contributed by atoms with Crippen molar-refractivity contribution in [2.24, 2.45) is 0 Å². The van der Waals surface area contributed by atoms with E-state index in [0.29, 0.717) is 18.8 Å². The Morgan fingerprint density at radius 3 is 3.27 bits per heavy atom. The van der Waals surface area contributed by atoms with E-state index in [1.807, 2.05) is 6.07 Å². The molecule has 4 heteroatoms. The molecule has 0 spiro atoms. The lowest BCUT2D eigenvalue weighted by atomic mass is 10.3. The standard InChI is InChI=1S/C7H6BrNO2/c8-5-3-7-6(1-2-11-7)9(10)4-5/h3-4H,1-2H2. The molecular formula is C7H6BrNO2. The van der Waals surface area contributed by atoms with E-state index in [1.54, 1.807) is 0 Å². The smallest absolute Gasteiger partial charge is 0.238 e. The highest BCUT2D eigenvalue weighted by Crippen LogP contribution is 2.24. The molecule has 1 aliphatic heterocycles. The quantitative estimate of drug-likeness (QED) is 0.479. The number of hydrogen-bond donors (Lipinski definition) is 0. The van der Waals surface area contributed by atoms with Gasteiger partial charge in [0.1, 0.15) is 0 Å². The third-order valence-electron chi connectivity index (χ3n) is 1.66. The van der Waals surface area contributed by atoms with Crippen LogP contribution in [0, 0.1) is 5.21 Å². The van der Waals surface area contributed by atoms with Crippen molar-refractivity contribution in [3.8, 4) is 5.75 Å². The van der Waals surface area contributed by atoms with Gasteiger partial charge >= 0.3 is 0 Å². The molecular weight excluding hydrogens is 210 g/mol. The number of ether oxygens (including phenoxy) is 1. The van der Waals surface area contributed by atoms with Gasteiger partial charge in [0.2, 0.25) is 5.69 Å². The summed E-state index contributed by atoms with van der Waals surface area (Å²) in [6.45, 7) is 0.619. The minimum Gasteiger partial charge on any atom is -0.618 e. The average Bonchev–Trinajstić information content (AvgIpc) is 2.34. The summed E-state index contributed by atoms with van der Waals surface area (Å²) in [7, 11) is 0. The highest BCUT2D eigenvalue weighted by atomic mass is 79.9. The molecule has 1 aromatic heterocycles. The Kier molecular flexibility index (Phi) is 1.49. The SMILES string of the molecule is [O-][n+]1cc(Br)cc2c1CCO2. The van der Waals surface area contributed by atoms with Crippen molar-refractivity contribution in [1.82, 2.24) is 0 Å². The number of nitrogens with zero attached hydrogens (tertiary/aromatic N) is 1. The molecule has 0 N–H and O–H groups in total. The molecule has 0 aliphatic carbocycles. The molecule has 1 aliphatic rings. The maximum Gasteiger partial charge on any atom is 0.238 e. The summed E-state index contributed by atoms with van der Waals surface area (Å²) in [5.74, 6) is 0.703. The van der Waals surface area contributed by atoms with Crippen LogP contribution in [0.25, 0.3) is 0 Å². The van der Waals surface area contributed by atoms with Crippen LogP contribution < -0.4 is 9.47 Å². The van der Waals surface area contributed by atoms with Crippen LogP contribution in [0.2, 0.25) is 0 Å². The summed E-state index contributed by atoms with van der Waals surface area (Å²) in [6.07, 6.45) is 2.21. The summed E-state index contributed by atoms with van der Waals surface area (Å²) < 4.78 is 6.82. The minimum atomic E-state index is 0.619. The van der Waals surface area contributed by atoms with Gasteiger partial charge in [-0.25, -0.2) is 0 Å². The predicted octanol–water partition coefficient (Wildman–Crippen LogP) is 1.02. The van der Waals surface area contributed by atoms with Crippen molar-refractivity contribution in [3.05, 3.63) is 27.6 Å². The molecule has 0 saturated heterocycles. The van der Waals surface area contributed by atoms with E-state index in [9.17, 15) is 5.21 Å². The topological polar surface area (TPSA) is 36.2 Å². The van der Waals surface area contributed by atoms with Crippen molar-refractivity contribution in [1.29, 1.82) is 0 Å². The maximum absolute atomic E-state index is 11.1. The molecule has 1 aromatic rings. The number of pyridine rings is 1. The Morgan fingerprint density at radius 1 is 1.64 bits per heavy atom. The second-order valence-corrected chi connectivity index (χ2v) is 3.31. The van der Waals surface area contributed by atoms with Crippen LogP contribution in [-0.2, 0) is 6.42 Å². The summed E-state index contributed by atoms with van der Waals surface area (Å²) in [6, 6.07) is 1.82. The zero-order valence-corrected chi connectivity index (χ0v) is 7.30. The number of aromatic nitrogens is 1. The van der Waals surface area contributed by atoms with Crippen LogP contribution >= 0.6 is 15.9 Å². The van der Waals surface area contributed by atoms with Crippen molar-refractivity contribution < 1.29 is 9.47 Å². The van der Waals surface area contributed by atoms with E-state index in [1.165, 1.54) is 6.20 Å². The normalized spacial score (nSPS) is 14.3. The number of hydrogen-bond acceptors (Lipinski definition) is 2. The second-order valence-electron chi connectivity index (χ2n) is 2.39. The van der Waals surface area contributed by atoms with Crippen molar-refractivity contribution in [2.45, 2.75) is 6.42 Å².